The Labute approximate surface area is 372 Å². The first-order valence-corrected chi connectivity index (χ1v) is 26.2. The number of nitrogens with two attached hydrogens (primary N) is 1. The van der Waals surface area contributed by atoms with Crippen LogP contribution in [0.25, 0.3) is 0 Å². The van der Waals surface area contributed by atoms with Crippen LogP contribution < -0.4 is 5.73 Å². The second-order valence-electron chi connectivity index (χ2n) is 21.6. The van der Waals surface area contributed by atoms with E-state index < -0.39 is 5.54 Å². The number of hydrogen-bond donors (Lipinski definition) is 2. The lowest BCUT2D eigenvalue weighted by Gasteiger charge is -2.58. The number of hydrogen-bond acceptors (Lipinski definition) is 5. The third-order valence-electron chi connectivity index (χ3n) is 16.4. The van der Waals surface area contributed by atoms with Crippen molar-refractivity contribution >= 4 is 0 Å². The number of ether oxygens (including phenoxy) is 3. The van der Waals surface area contributed by atoms with Crippen molar-refractivity contribution in [1.82, 2.24) is 0 Å². The van der Waals surface area contributed by atoms with Gasteiger partial charge in [-0.2, -0.15) is 0 Å². The highest BCUT2D eigenvalue weighted by Gasteiger charge is 2.59. The highest BCUT2D eigenvalue weighted by Crippen LogP contribution is 2.67. The van der Waals surface area contributed by atoms with Gasteiger partial charge in [-0.3, -0.25) is 0 Å². The Bertz CT molecular complexity index is 1230. The number of fused-ring (bicyclic) bond motifs is 5. The Morgan fingerprint density at radius 1 is 0.733 bits per heavy atom. The maximum absolute atomic E-state index is 9.90. The molecule has 4 rings (SSSR count). The number of unbranched alkanes of at least 4 members (excludes halogenated alkanes) is 12. The molecular formula is C55H99NO4. The average molecular weight is 838 g/mol. The van der Waals surface area contributed by atoms with Gasteiger partial charge in [0.2, 0.25) is 0 Å². The summed E-state index contributed by atoms with van der Waals surface area (Å²) in [5.74, 6) is 5.44. The van der Waals surface area contributed by atoms with Gasteiger partial charge in [0.05, 0.1) is 31.5 Å². The third kappa shape index (κ3) is 16.5. The lowest BCUT2D eigenvalue weighted by atomic mass is 9.47. The van der Waals surface area contributed by atoms with E-state index in [0.717, 1.165) is 67.8 Å². The second-order valence-corrected chi connectivity index (χ2v) is 21.6. The molecule has 0 bridgehead atoms. The van der Waals surface area contributed by atoms with Crippen LogP contribution in [0.5, 0.6) is 0 Å². The molecule has 0 amide bonds. The fourth-order valence-electron chi connectivity index (χ4n) is 12.6. The van der Waals surface area contributed by atoms with Crippen molar-refractivity contribution in [2.24, 2.45) is 52.1 Å². The molecule has 4 aliphatic carbocycles. The third-order valence-corrected chi connectivity index (χ3v) is 16.4. The van der Waals surface area contributed by atoms with Gasteiger partial charge in [0.15, 0.2) is 0 Å². The quantitative estimate of drug-likeness (QED) is 0.0509. The van der Waals surface area contributed by atoms with E-state index >= 15 is 0 Å². The average Bonchev–Trinajstić information content (AvgIpc) is 3.60. The molecule has 60 heavy (non-hydrogen) atoms. The van der Waals surface area contributed by atoms with Crippen LogP contribution in [0.1, 0.15) is 215 Å². The van der Waals surface area contributed by atoms with Crippen LogP contribution >= 0.6 is 0 Å². The zero-order valence-corrected chi connectivity index (χ0v) is 40.5. The van der Waals surface area contributed by atoms with Gasteiger partial charge in [-0.1, -0.05) is 155 Å². The maximum atomic E-state index is 9.90. The van der Waals surface area contributed by atoms with Crippen LogP contribution in [0.2, 0.25) is 0 Å². The molecule has 3 N–H and O–H groups in total. The molecule has 0 aromatic heterocycles. The number of aliphatic hydroxyl groups excluding tert-OH is 1. The molecule has 0 aliphatic heterocycles. The van der Waals surface area contributed by atoms with Crippen molar-refractivity contribution in [3.05, 3.63) is 36.0 Å². The first-order chi connectivity index (χ1) is 29.1. The van der Waals surface area contributed by atoms with Gasteiger partial charge >= 0.3 is 0 Å². The summed E-state index contributed by atoms with van der Waals surface area (Å²) in [6, 6.07) is 0. The normalized spacial score (nSPS) is 29.5. The van der Waals surface area contributed by atoms with Crippen LogP contribution in [0, 0.1) is 46.3 Å². The monoisotopic (exact) mass is 838 g/mol. The lowest BCUT2D eigenvalue weighted by molar-refractivity contribution is -0.0641. The summed E-state index contributed by atoms with van der Waals surface area (Å²) in [6.07, 6.45) is 46.8. The van der Waals surface area contributed by atoms with E-state index in [9.17, 15) is 5.11 Å². The summed E-state index contributed by atoms with van der Waals surface area (Å²) >= 11 is 0. The van der Waals surface area contributed by atoms with E-state index in [4.69, 9.17) is 19.9 Å². The molecular weight excluding hydrogens is 739 g/mol. The summed E-state index contributed by atoms with van der Waals surface area (Å²) < 4.78 is 18.3. The molecule has 0 aromatic carbocycles. The Balaban J connectivity index is 0.968. The van der Waals surface area contributed by atoms with Crippen molar-refractivity contribution in [2.45, 2.75) is 227 Å². The highest BCUT2D eigenvalue weighted by atomic mass is 16.5. The minimum absolute atomic E-state index is 0.113. The molecule has 9 unspecified atom stereocenters. The molecule has 0 aromatic rings. The summed E-state index contributed by atoms with van der Waals surface area (Å²) in [4.78, 5) is 0. The standard InChI is InChI=1S/C55H99NO4/c1-7-8-9-10-11-12-13-14-15-16-18-21-24-38-58-43-55(56,42-57)44-59-39-25-22-19-17-20-23-26-40-60-48-34-36-53(5)47(41-48)30-31-49-51-33-32-50(46(4)29-27-28-45(2)3)54(51,6)37-35-52(49)53/h8-9,11-12,30,45-46,48-52,57H,7,10,13-29,31-44,56H2,1-6H3/b9-8-,12-11-. The van der Waals surface area contributed by atoms with Crippen molar-refractivity contribution in [1.29, 1.82) is 0 Å². The molecule has 0 saturated heterocycles. The highest BCUT2D eigenvalue weighted by molar-refractivity contribution is 5.25. The summed E-state index contributed by atoms with van der Waals surface area (Å²) in [6.45, 7) is 17.9. The zero-order valence-electron chi connectivity index (χ0n) is 40.5. The fraction of sp³-hybridized carbons (Fsp3) is 0.891. The van der Waals surface area contributed by atoms with Crippen molar-refractivity contribution in [2.75, 3.05) is 39.6 Å². The van der Waals surface area contributed by atoms with Crippen molar-refractivity contribution < 1.29 is 19.3 Å². The van der Waals surface area contributed by atoms with Crippen LogP contribution in [-0.2, 0) is 14.2 Å². The van der Waals surface area contributed by atoms with E-state index in [2.05, 4.69) is 71.9 Å². The topological polar surface area (TPSA) is 73.9 Å². The van der Waals surface area contributed by atoms with Crippen molar-refractivity contribution in [3.63, 3.8) is 0 Å². The van der Waals surface area contributed by atoms with Crippen molar-refractivity contribution in [3.8, 4) is 0 Å². The van der Waals surface area contributed by atoms with Gasteiger partial charge in [0.25, 0.3) is 0 Å². The van der Waals surface area contributed by atoms with Gasteiger partial charge in [-0.05, 0) is 143 Å². The molecule has 348 valence electrons. The second kappa shape index (κ2) is 28.0. The molecule has 9 atom stereocenters. The number of rotatable bonds is 33. The number of allylic oxidation sites excluding steroid dienone is 5. The van der Waals surface area contributed by atoms with Crippen LogP contribution in [0.3, 0.4) is 0 Å². The molecule has 5 heteroatoms. The van der Waals surface area contributed by atoms with Gasteiger partial charge in [-0.15, -0.1) is 0 Å². The minimum atomic E-state index is -0.807. The largest absolute Gasteiger partial charge is 0.394 e. The van der Waals surface area contributed by atoms with E-state index in [1.54, 1.807) is 5.57 Å². The van der Waals surface area contributed by atoms with E-state index in [1.165, 1.54) is 148 Å². The Kier molecular flexibility index (Phi) is 24.1. The summed E-state index contributed by atoms with van der Waals surface area (Å²) in [5.41, 5.74) is 8.36. The molecule has 0 spiro atoms. The fourth-order valence-corrected chi connectivity index (χ4v) is 12.6. The van der Waals surface area contributed by atoms with Gasteiger partial charge < -0.3 is 25.1 Å². The smallest absolute Gasteiger partial charge is 0.0862 e. The van der Waals surface area contributed by atoms with E-state index in [0.29, 0.717) is 43.4 Å². The molecule has 3 fully saturated rings. The zero-order chi connectivity index (χ0) is 43.1. The van der Waals surface area contributed by atoms with Gasteiger partial charge in [0.1, 0.15) is 0 Å². The molecule has 0 radical (unpaired) electrons. The van der Waals surface area contributed by atoms with Gasteiger partial charge in [0, 0.05) is 19.8 Å². The molecule has 0 heterocycles. The molecule has 5 nitrogen and oxygen atoms in total. The first-order valence-electron chi connectivity index (χ1n) is 26.2. The number of aliphatic hydroxyl groups is 1. The van der Waals surface area contributed by atoms with Crippen LogP contribution in [0.15, 0.2) is 36.0 Å². The van der Waals surface area contributed by atoms with Crippen LogP contribution in [0.4, 0.5) is 0 Å². The summed E-state index contributed by atoms with van der Waals surface area (Å²) in [7, 11) is 0. The summed E-state index contributed by atoms with van der Waals surface area (Å²) in [5, 5.41) is 9.90. The predicted octanol–water partition coefficient (Wildman–Crippen LogP) is 14.5. The van der Waals surface area contributed by atoms with E-state index in [1.807, 2.05) is 0 Å². The first kappa shape index (κ1) is 51.7. The minimum Gasteiger partial charge on any atom is -0.394 e. The van der Waals surface area contributed by atoms with E-state index in [-0.39, 0.29) is 6.61 Å². The van der Waals surface area contributed by atoms with Gasteiger partial charge in [-0.25, -0.2) is 0 Å². The maximum Gasteiger partial charge on any atom is 0.0862 e. The lowest BCUT2D eigenvalue weighted by Crippen LogP contribution is -2.52. The predicted molar refractivity (Wildman–Crippen MR) is 256 cm³/mol. The molecule has 3 saturated carbocycles. The SMILES string of the molecule is CC/C=C\C/C=C\CCCCCCCCOCC(N)(CO)COCCCCCCCCCOC1CCC2(C)C(=CCC3C2CCC2(C)C(C(C)CCCC(C)C)CCC32)C1. The van der Waals surface area contributed by atoms with Crippen LogP contribution in [-0.4, -0.2) is 56.4 Å². The Morgan fingerprint density at radius 2 is 1.37 bits per heavy atom. The molecule has 4 aliphatic rings. The Morgan fingerprint density at radius 3 is 2.02 bits per heavy atom. The Hall–Kier alpha value is -0.980.